The topological polar surface area (TPSA) is 66.6 Å². The van der Waals surface area contributed by atoms with Crippen molar-refractivity contribution < 1.29 is 0 Å². The average molecular weight is 239 g/mol. The third kappa shape index (κ3) is 2.78. The van der Waals surface area contributed by atoms with Gasteiger partial charge in [-0.3, -0.25) is 0 Å². The van der Waals surface area contributed by atoms with Crippen molar-refractivity contribution >= 4 is 6.08 Å². The van der Waals surface area contributed by atoms with Gasteiger partial charge in [0.25, 0.3) is 0 Å². The van der Waals surface area contributed by atoms with E-state index in [0.717, 1.165) is 16.9 Å². The zero-order valence-electron chi connectivity index (χ0n) is 10.1. The highest BCUT2D eigenvalue weighted by Gasteiger charge is 2.02. The molecule has 0 aliphatic carbocycles. The van der Waals surface area contributed by atoms with E-state index in [2.05, 4.69) is 15.1 Å². The third-order valence-corrected chi connectivity index (χ3v) is 2.51. The van der Waals surface area contributed by atoms with Crippen LogP contribution in [0.15, 0.2) is 47.7 Å². The van der Waals surface area contributed by atoms with Gasteiger partial charge in [-0.05, 0) is 24.6 Å². The van der Waals surface area contributed by atoms with E-state index >= 15 is 0 Å². The maximum atomic E-state index is 8.18. The molecule has 0 amide bonds. The van der Waals surface area contributed by atoms with Gasteiger partial charge in [0.2, 0.25) is 0 Å². The van der Waals surface area contributed by atoms with E-state index in [-0.39, 0.29) is 0 Å². The first-order chi connectivity index (χ1) is 8.81. The number of hydrogen-bond donors (Lipinski definition) is 0. The fourth-order valence-corrected chi connectivity index (χ4v) is 1.61. The highest BCUT2D eigenvalue weighted by molar-refractivity contribution is 5.52. The molecule has 2 aromatic rings. The van der Waals surface area contributed by atoms with Crippen LogP contribution in [0.5, 0.6) is 0 Å². The van der Waals surface area contributed by atoms with E-state index in [1.54, 1.807) is 0 Å². The summed E-state index contributed by atoms with van der Waals surface area (Å²) in [5.41, 5.74) is 11.2. The van der Waals surface area contributed by atoms with Crippen LogP contribution in [-0.4, -0.2) is 16.3 Å². The summed E-state index contributed by atoms with van der Waals surface area (Å²) < 4.78 is 1.84. The second-order valence-electron chi connectivity index (χ2n) is 3.77. The van der Waals surface area contributed by atoms with Gasteiger partial charge in [0, 0.05) is 23.2 Å². The zero-order valence-corrected chi connectivity index (χ0v) is 10.1. The van der Waals surface area contributed by atoms with Gasteiger partial charge < -0.3 is 0 Å². The molecule has 5 heteroatoms. The summed E-state index contributed by atoms with van der Waals surface area (Å²) in [7, 11) is 0. The molecule has 0 radical (unpaired) electrons. The van der Waals surface area contributed by atoms with E-state index < -0.39 is 0 Å². The number of rotatable bonds is 4. The van der Waals surface area contributed by atoms with E-state index in [0.29, 0.717) is 6.54 Å². The van der Waals surface area contributed by atoms with Gasteiger partial charge in [-0.2, -0.15) is 5.10 Å². The van der Waals surface area contributed by atoms with Crippen LogP contribution in [0.1, 0.15) is 11.3 Å². The lowest BCUT2D eigenvalue weighted by atomic mass is 10.2. The van der Waals surface area contributed by atoms with Crippen molar-refractivity contribution in [2.45, 2.75) is 6.92 Å². The van der Waals surface area contributed by atoms with Gasteiger partial charge in [0.15, 0.2) is 0 Å². The van der Waals surface area contributed by atoms with Crippen molar-refractivity contribution in [3.05, 3.63) is 64.3 Å². The SMILES string of the molecule is Cc1nn(-c2ccccc2)cc1C=CCN=[N+]=[N-]. The Balaban J connectivity index is 2.22. The zero-order chi connectivity index (χ0) is 12.8. The molecular formula is C13H13N5. The molecule has 1 aromatic heterocycles. The monoisotopic (exact) mass is 239 g/mol. The molecule has 1 heterocycles. The predicted octanol–water partition coefficient (Wildman–Crippen LogP) is 3.50. The Morgan fingerprint density at radius 1 is 1.39 bits per heavy atom. The standard InChI is InChI=1S/C13H13N5/c1-11-12(6-5-9-15-17-14)10-18(16-11)13-7-3-2-4-8-13/h2-8,10H,9H2,1H3. The Hall–Kier alpha value is -2.52. The number of aromatic nitrogens is 2. The third-order valence-electron chi connectivity index (χ3n) is 2.51. The second kappa shape index (κ2) is 5.70. The van der Waals surface area contributed by atoms with Crippen LogP contribution < -0.4 is 0 Å². The molecule has 0 saturated heterocycles. The minimum absolute atomic E-state index is 0.354. The number of nitrogens with zero attached hydrogens (tertiary/aromatic N) is 5. The summed E-state index contributed by atoms with van der Waals surface area (Å²) in [5.74, 6) is 0. The predicted molar refractivity (Wildman–Crippen MR) is 71.3 cm³/mol. The van der Waals surface area contributed by atoms with Crippen LogP contribution in [0.25, 0.3) is 22.2 Å². The van der Waals surface area contributed by atoms with Crippen molar-refractivity contribution in [3.63, 3.8) is 0 Å². The van der Waals surface area contributed by atoms with Gasteiger partial charge in [-0.1, -0.05) is 35.5 Å². The Morgan fingerprint density at radius 3 is 2.89 bits per heavy atom. The molecular weight excluding hydrogens is 226 g/mol. The minimum atomic E-state index is 0.354. The number of para-hydroxylation sites is 1. The van der Waals surface area contributed by atoms with Crippen molar-refractivity contribution in [3.8, 4) is 5.69 Å². The molecule has 0 aliphatic rings. The summed E-state index contributed by atoms with van der Waals surface area (Å²) in [6.45, 7) is 2.30. The molecule has 0 fully saturated rings. The van der Waals surface area contributed by atoms with E-state index in [1.807, 2.05) is 60.3 Å². The van der Waals surface area contributed by atoms with Gasteiger partial charge in [0.1, 0.15) is 0 Å². The van der Waals surface area contributed by atoms with Crippen LogP contribution in [0.4, 0.5) is 0 Å². The molecule has 0 N–H and O–H groups in total. The van der Waals surface area contributed by atoms with E-state index in [1.165, 1.54) is 0 Å². The number of aryl methyl sites for hydroxylation is 1. The number of hydrogen-bond acceptors (Lipinski definition) is 2. The maximum Gasteiger partial charge on any atom is 0.0670 e. The van der Waals surface area contributed by atoms with Crippen molar-refractivity contribution in [2.75, 3.05) is 6.54 Å². The Labute approximate surface area is 105 Å². The van der Waals surface area contributed by atoms with Crippen LogP contribution in [-0.2, 0) is 0 Å². The number of benzene rings is 1. The van der Waals surface area contributed by atoms with E-state index in [4.69, 9.17) is 5.53 Å². The van der Waals surface area contributed by atoms with E-state index in [9.17, 15) is 0 Å². The lowest BCUT2D eigenvalue weighted by Crippen LogP contribution is -1.93. The molecule has 18 heavy (non-hydrogen) atoms. The van der Waals surface area contributed by atoms with Crippen LogP contribution in [0.3, 0.4) is 0 Å². The highest BCUT2D eigenvalue weighted by Crippen LogP contribution is 2.12. The van der Waals surface area contributed by atoms with Gasteiger partial charge in [-0.15, -0.1) is 0 Å². The Kier molecular flexibility index (Phi) is 3.79. The molecule has 0 unspecified atom stereocenters. The lowest BCUT2D eigenvalue weighted by Gasteiger charge is -1.98. The first kappa shape index (κ1) is 12.0. The van der Waals surface area contributed by atoms with Crippen molar-refractivity contribution in [1.29, 1.82) is 0 Å². The molecule has 90 valence electrons. The number of azide groups is 1. The normalized spacial score (nSPS) is 10.5. The summed E-state index contributed by atoms with van der Waals surface area (Å²) in [6, 6.07) is 9.92. The van der Waals surface area contributed by atoms with Crippen molar-refractivity contribution in [1.82, 2.24) is 9.78 Å². The maximum absolute atomic E-state index is 8.18. The fraction of sp³-hybridized carbons (Fsp3) is 0.154. The Bertz CT molecular complexity index is 591. The smallest absolute Gasteiger partial charge is 0.0670 e. The quantitative estimate of drug-likeness (QED) is 0.457. The van der Waals surface area contributed by atoms with Crippen molar-refractivity contribution in [2.24, 2.45) is 5.11 Å². The molecule has 0 atom stereocenters. The first-order valence-electron chi connectivity index (χ1n) is 5.60. The summed E-state index contributed by atoms with van der Waals surface area (Å²) in [6.07, 6.45) is 5.69. The largest absolute Gasteiger partial charge is 0.240 e. The average Bonchev–Trinajstić information content (AvgIpc) is 2.77. The van der Waals surface area contributed by atoms with Crippen LogP contribution in [0, 0.1) is 6.92 Å². The summed E-state index contributed by atoms with van der Waals surface area (Å²) in [4.78, 5) is 2.70. The minimum Gasteiger partial charge on any atom is -0.240 e. The molecule has 1 aromatic carbocycles. The highest BCUT2D eigenvalue weighted by atomic mass is 15.3. The van der Waals surface area contributed by atoms with Gasteiger partial charge in [-0.25, -0.2) is 4.68 Å². The first-order valence-corrected chi connectivity index (χ1v) is 5.60. The second-order valence-corrected chi connectivity index (χ2v) is 3.77. The van der Waals surface area contributed by atoms with Crippen LogP contribution >= 0.6 is 0 Å². The Morgan fingerprint density at radius 2 is 2.17 bits per heavy atom. The fourth-order valence-electron chi connectivity index (χ4n) is 1.61. The molecule has 2 rings (SSSR count). The van der Waals surface area contributed by atoms with Crippen LogP contribution in [0.2, 0.25) is 0 Å². The lowest BCUT2D eigenvalue weighted by molar-refractivity contribution is 0.863. The summed E-state index contributed by atoms with van der Waals surface area (Å²) >= 11 is 0. The summed E-state index contributed by atoms with van der Waals surface area (Å²) in [5, 5.41) is 7.89. The molecule has 5 nitrogen and oxygen atoms in total. The molecule has 0 bridgehead atoms. The van der Waals surface area contributed by atoms with Gasteiger partial charge in [0.05, 0.1) is 11.4 Å². The molecule has 0 saturated carbocycles. The molecule has 0 aliphatic heterocycles. The molecule has 0 spiro atoms. The van der Waals surface area contributed by atoms with Gasteiger partial charge >= 0.3 is 0 Å².